The van der Waals surface area contributed by atoms with Gasteiger partial charge in [0.2, 0.25) is 5.91 Å². The second-order valence-electron chi connectivity index (χ2n) is 5.89. The van der Waals surface area contributed by atoms with Gasteiger partial charge >= 0.3 is 0 Å². The number of halogens is 1. The number of pyridine rings is 1. The second kappa shape index (κ2) is 5.35. The number of fused-ring (bicyclic) bond motifs is 1. The highest BCUT2D eigenvalue weighted by atomic mass is 35.5. The van der Waals surface area contributed by atoms with Gasteiger partial charge in [0, 0.05) is 41.7 Å². The molecule has 1 fully saturated rings. The third kappa shape index (κ3) is 2.68. The molecule has 2 aromatic heterocycles. The number of hydrogen-bond donors (Lipinski definition) is 1. The van der Waals surface area contributed by atoms with E-state index >= 15 is 0 Å². The summed E-state index contributed by atoms with van der Waals surface area (Å²) in [6, 6.07) is 5.99. The Labute approximate surface area is 138 Å². The zero-order chi connectivity index (χ0) is 16.0. The van der Waals surface area contributed by atoms with Crippen LogP contribution in [0.4, 0.5) is 5.82 Å². The number of amides is 1. The van der Waals surface area contributed by atoms with Crippen molar-refractivity contribution in [1.82, 2.24) is 14.8 Å². The Balaban J connectivity index is 1.76. The third-order valence-corrected chi connectivity index (χ3v) is 4.44. The van der Waals surface area contributed by atoms with E-state index in [0.717, 1.165) is 34.7 Å². The standard InChI is InChI=1S/C17H15ClN4O/c1-22-9-13(8-20-22)11-4-5-12-7-19-16(15(18)14(12)6-11)21-17(23)10-2-3-10/h4-10H,2-3H2,1H3,(H,19,21,23). The normalized spacial score (nSPS) is 14.2. The molecule has 0 atom stereocenters. The van der Waals surface area contributed by atoms with Crippen molar-refractivity contribution in [1.29, 1.82) is 0 Å². The molecule has 3 aromatic rings. The third-order valence-electron chi connectivity index (χ3n) is 4.06. The summed E-state index contributed by atoms with van der Waals surface area (Å²) < 4.78 is 1.76. The Bertz CT molecular complexity index is 914. The highest BCUT2D eigenvalue weighted by Gasteiger charge is 2.30. The van der Waals surface area contributed by atoms with E-state index in [1.165, 1.54) is 0 Å². The van der Waals surface area contributed by atoms with Crippen LogP contribution >= 0.6 is 11.6 Å². The molecule has 2 heterocycles. The molecule has 0 saturated heterocycles. The second-order valence-corrected chi connectivity index (χ2v) is 6.27. The Morgan fingerprint density at radius 3 is 2.83 bits per heavy atom. The van der Waals surface area contributed by atoms with E-state index in [1.807, 2.05) is 37.6 Å². The van der Waals surface area contributed by atoms with Gasteiger partial charge in [-0.15, -0.1) is 0 Å². The van der Waals surface area contributed by atoms with Crippen molar-refractivity contribution >= 4 is 34.1 Å². The van der Waals surface area contributed by atoms with Crippen molar-refractivity contribution in [2.24, 2.45) is 13.0 Å². The van der Waals surface area contributed by atoms with E-state index in [1.54, 1.807) is 10.9 Å². The fourth-order valence-corrected chi connectivity index (χ4v) is 2.84. The lowest BCUT2D eigenvalue weighted by molar-refractivity contribution is -0.117. The van der Waals surface area contributed by atoms with Gasteiger partial charge < -0.3 is 5.32 Å². The molecule has 1 N–H and O–H groups in total. The van der Waals surface area contributed by atoms with Crippen LogP contribution in [0.25, 0.3) is 21.9 Å². The van der Waals surface area contributed by atoms with Crippen LogP contribution in [0.3, 0.4) is 0 Å². The molecular weight excluding hydrogens is 312 g/mol. The lowest BCUT2D eigenvalue weighted by Crippen LogP contribution is -2.14. The monoisotopic (exact) mass is 326 g/mol. The van der Waals surface area contributed by atoms with Gasteiger partial charge in [0.15, 0.2) is 5.82 Å². The molecule has 23 heavy (non-hydrogen) atoms. The molecule has 1 aliphatic carbocycles. The van der Waals surface area contributed by atoms with E-state index in [-0.39, 0.29) is 11.8 Å². The van der Waals surface area contributed by atoms with E-state index in [2.05, 4.69) is 15.4 Å². The van der Waals surface area contributed by atoms with Crippen molar-refractivity contribution < 1.29 is 4.79 Å². The predicted molar refractivity (Wildman–Crippen MR) is 90.3 cm³/mol. The predicted octanol–water partition coefficient (Wildman–Crippen LogP) is 3.64. The lowest BCUT2D eigenvalue weighted by Gasteiger charge is -2.09. The zero-order valence-corrected chi connectivity index (χ0v) is 13.3. The Morgan fingerprint density at radius 2 is 2.13 bits per heavy atom. The number of carbonyl (C=O) groups is 1. The molecule has 0 aliphatic heterocycles. The summed E-state index contributed by atoms with van der Waals surface area (Å²) >= 11 is 6.48. The number of aromatic nitrogens is 3. The number of rotatable bonds is 3. The summed E-state index contributed by atoms with van der Waals surface area (Å²) in [6.45, 7) is 0. The number of hydrogen-bond acceptors (Lipinski definition) is 3. The van der Waals surface area contributed by atoms with Crippen LogP contribution in [0, 0.1) is 5.92 Å². The highest BCUT2D eigenvalue weighted by Crippen LogP contribution is 2.34. The molecule has 6 heteroatoms. The molecule has 0 spiro atoms. The Morgan fingerprint density at radius 1 is 1.30 bits per heavy atom. The average Bonchev–Trinajstić information content (AvgIpc) is 3.32. The number of nitrogens with zero attached hydrogens (tertiary/aromatic N) is 3. The van der Waals surface area contributed by atoms with Crippen LogP contribution in [0.15, 0.2) is 36.8 Å². The van der Waals surface area contributed by atoms with E-state index in [4.69, 9.17) is 11.6 Å². The summed E-state index contributed by atoms with van der Waals surface area (Å²) in [6.07, 6.45) is 7.39. The lowest BCUT2D eigenvalue weighted by atomic mass is 10.0. The first-order valence-electron chi connectivity index (χ1n) is 7.50. The largest absolute Gasteiger partial charge is 0.309 e. The van der Waals surface area contributed by atoms with Crippen molar-refractivity contribution in [2.75, 3.05) is 5.32 Å². The van der Waals surface area contributed by atoms with Crippen LogP contribution in [0.2, 0.25) is 5.02 Å². The number of nitrogens with one attached hydrogen (secondary N) is 1. The molecule has 116 valence electrons. The smallest absolute Gasteiger partial charge is 0.228 e. The fraction of sp³-hybridized carbons (Fsp3) is 0.235. The van der Waals surface area contributed by atoms with Crippen LogP contribution in [-0.2, 0) is 11.8 Å². The SMILES string of the molecule is Cn1cc(-c2ccc3cnc(NC(=O)C4CC4)c(Cl)c3c2)cn1. The van der Waals surface area contributed by atoms with Gasteiger partial charge in [0.05, 0.1) is 11.2 Å². The van der Waals surface area contributed by atoms with Gasteiger partial charge in [0.25, 0.3) is 0 Å². The first-order chi connectivity index (χ1) is 11.1. The van der Waals surface area contributed by atoms with Gasteiger partial charge in [-0.1, -0.05) is 23.7 Å². The number of aryl methyl sites for hydroxylation is 1. The summed E-state index contributed by atoms with van der Waals surface area (Å²) in [5.41, 5.74) is 2.05. The summed E-state index contributed by atoms with van der Waals surface area (Å²) in [5.74, 6) is 0.548. The molecule has 0 unspecified atom stereocenters. The molecule has 0 radical (unpaired) electrons. The van der Waals surface area contributed by atoms with E-state index < -0.39 is 0 Å². The Kier molecular flexibility index (Phi) is 3.31. The van der Waals surface area contributed by atoms with Crippen LogP contribution < -0.4 is 5.32 Å². The topological polar surface area (TPSA) is 59.8 Å². The molecule has 0 bridgehead atoms. The van der Waals surface area contributed by atoms with Crippen molar-refractivity contribution in [3.05, 3.63) is 41.8 Å². The molecule has 1 aliphatic rings. The number of benzene rings is 1. The van der Waals surface area contributed by atoms with Crippen LogP contribution in [-0.4, -0.2) is 20.7 Å². The first-order valence-corrected chi connectivity index (χ1v) is 7.88. The summed E-state index contributed by atoms with van der Waals surface area (Å²) in [7, 11) is 1.88. The molecule has 5 nitrogen and oxygen atoms in total. The van der Waals surface area contributed by atoms with Crippen LogP contribution in [0.5, 0.6) is 0 Å². The van der Waals surface area contributed by atoms with Crippen molar-refractivity contribution in [3.8, 4) is 11.1 Å². The minimum atomic E-state index is 0.00200. The van der Waals surface area contributed by atoms with Crippen molar-refractivity contribution in [2.45, 2.75) is 12.8 Å². The summed E-state index contributed by atoms with van der Waals surface area (Å²) in [4.78, 5) is 16.2. The fourth-order valence-electron chi connectivity index (χ4n) is 2.58. The number of anilines is 1. The average molecular weight is 327 g/mol. The molecular formula is C17H15ClN4O. The summed E-state index contributed by atoms with van der Waals surface area (Å²) in [5, 5.41) is 9.30. The van der Waals surface area contributed by atoms with Gasteiger partial charge in [-0.05, 0) is 24.5 Å². The maximum Gasteiger partial charge on any atom is 0.228 e. The number of carbonyl (C=O) groups excluding carboxylic acids is 1. The Hall–Kier alpha value is -2.40. The molecule has 1 saturated carbocycles. The van der Waals surface area contributed by atoms with Gasteiger partial charge in [-0.2, -0.15) is 5.10 Å². The minimum absolute atomic E-state index is 0.00200. The minimum Gasteiger partial charge on any atom is -0.309 e. The first kappa shape index (κ1) is 14.2. The maximum absolute atomic E-state index is 11.9. The van der Waals surface area contributed by atoms with E-state index in [9.17, 15) is 4.79 Å². The molecule has 1 amide bonds. The zero-order valence-electron chi connectivity index (χ0n) is 12.6. The van der Waals surface area contributed by atoms with Gasteiger partial charge in [-0.3, -0.25) is 9.48 Å². The van der Waals surface area contributed by atoms with Gasteiger partial charge in [0.1, 0.15) is 0 Å². The van der Waals surface area contributed by atoms with Gasteiger partial charge in [-0.25, -0.2) is 4.98 Å². The quantitative estimate of drug-likeness (QED) is 0.799. The van der Waals surface area contributed by atoms with Crippen molar-refractivity contribution in [3.63, 3.8) is 0 Å². The van der Waals surface area contributed by atoms with Crippen LogP contribution in [0.1, 0.15) is 12.8 Å². The molecule has 1 aromatic carbocycles. The van der Waals surface area contributed by atoms with E-state index in [0.29, 0.717) is 10.8 Å². The molecule has 4 rings (SSSR count). The maximum atomic E-state index is 11.9. The highest BCUT2D eigenvalue weighted by molar-refractivity contribution is 6.38.